The Morgan fingerprint density at radius 2 is 1.82 bits per heavy atom. The maximum atomic E-state index is 4.50. The summed E-state index contributed by atoms with van der Waals surface area (Å²) in [5.74, 6) is 0. The molecule has 17 heavy (non-hydrogen) atoms. The van der Waals surface area contributed by atoms with Gasteiger partial charge in [-0.2, -0.15) is 0 Å². The first-order valence-electron chi connectivity index (χ1n) is 6.15. The monoisotopic (exact) mass is 226 g/mol. The van der Waals surface area contributed by atoms with E-state index in [2.05, 4.69) is 49.8 Å². The fraction of sp³-hybridized carbons (Fsp3) is 0.467. The van der Waals surface area contributed by atoms with Crippen molar-refractivity contribution in [3.8, 4) is 0 Å². The van der Waals surface area contributed by atoms with Crippen molar-refractivity contribution in [1.82, 2.24) is 9.97 Å². The molecule has 0 amide bonds. The SMILES string of the molecule is CC1(C)CC(C)(C)c2c1ccc1cncnc21. The minimum absolute atomic E-state index is 0.201. The Labute approximate surface area is 102 Å². The third-order valence-corrected chi connectivity index (χ3v) is 3.97. The van der Waals surface area contributed by atoms with Crippen LogP contribution in [0.4, 0.5) is 0 Å². The Hall–Kier alpha value is -1.44. The van der Waals surface area contributed by atoms with E-state index >= 15 is 0 Å². The normalized spacial score (nSPS) is 20.5. The molecule has 0 aliphatic heterocycles. The standard InChI is InChI=1S/C15H18N2/c1-14(2)8-15(3,4)12-11(14)6-5-10-7-16-9-17-13(10)12/h5-7,9H,8H2,1-4H3. The van der Waals surface area contributed by atoms with E-state index in [1.807, 2.05) is 6.20 Å². The van der Waals surface area contributed by atoms with Crippen molar-refractivity contribution in [2.75, 3.05) is 0 Å². The quantitative estimate of drug-likeness (QED) is 0.686. The maximum Gasteiger partial charge on any atom is 0.116 e. The van der Waals surface area contributed by atoms with E-state index in [4.69, 9.17) is 0 Å². The summed E-state index contributed by atoms with van der Waals surface area (Å²) in [6.45, 7) is 9.30. The molecule has 1 aliphatic carbocycles. The molecule has 0 bridgehead atoms. The van der Waals surface area contributed by atoms with Crippen molar-refractivity contribution in [3.63, 3.8) is 0 Å². The zero-order valence-electron chi connectivity index (χ0n) is 10.9. The van der Waals surface area contributed by atoms with Crippen LogP contribution in [-0.4, -0.2) is 9.97 Å². The van der Waals surface area contributed by atoms with Gasteiger partial charge >= 0.3 is 0 Å². The third kappa shape index (κ3) is 1.40. The molecule has 0 fully saturated rings. The second kappa shape index (κ2) is 3.06. The average molecular weight is 226 g/mol. The number of benzene rings is 1. The third-order valence-electron chi connectivity index (χ3n) is 3.97. The molecule has 1 aromatic carbocycles. The van der Waals surface area contributed by atoms with Crippen molar-refractivity contribution in [1.29, 1.82) is 0 Å². The van der Waals surface area contributed by atoms with Gasteiger partial charge in [-0.05, 0) is 28.4 Å². The minimum Gasteiger partial charge on any atom is -0.244 e. The predicted octanol–water partition coefficient (Wildman–Crippen LogP) is 3.59. The van der Waals surface area contributed by atoms with Crippen molar-refractivity contribution >= 4 is 10.9 Å². The summed E-state index contributed by atoms with van der Waals surface area (Å²) in [5.41, 5.74) is 4.45. The van der Waals surface area contributed by atoms with Gasteiger partial charge in [0.1, 0.15) is 6.33 Å². The van der Waals surface area contributed by atoms with Gasteiger partial charge in [0.05, 0.1) is 5.52 Å². The molecule has 0 spiro atoms. The van der Waals surface area contributed by atoms with Gasteiger partial charge in [-0.3, -0.25) is 0 Å². The van der Waals surface area contributed by atoms with Crippen LogP contribution in [0.2, 0.25) is 0 Å². The van der Waals surface area contributed by atoms with Gasteiger partial charge in [0.15, 0.2) is 0 Å². The molecular formula is C15H18N2. The first-order valence-corrected chi connectivity index (χ1v) is 6.15. The number of fused-ring (bicyclic) bond motifs is 3. The van der Waals surface area contributed by atoms with Crippen LogP contribution in [0.3, 0.4) is 0 Å². The van der Waals surface area contributed by atoms with Gasteiger partial charge in [-0.25, -0.2) is 9.97 Å². The van der Waals surface area contributed by atoms with Crippen molar-refractivity contribution in [3.05, 3.63) is 35.8 Å². The summed E-state index contributed by atoms with van der Waals surface area (Å²) >= 11 is 0. The van der Waals surface area contributed by atoms with Crippen LogP contribution in [0.5, 0.6) is 0 Å². The van der Waals surface area contributed by atoms with Gasteiger partial charge in [0.25, 0.3) is 0 Å². The molecule has 2 heteroatoms. The van der Waals surface area contributed by atoms with E-state index in [9.17, 15) is 0 Å². The van der Waals surface area contributed by atoms with Crippen molar-refractivity contribution in [2.24, 2.45) is 0 Å². The Morgan fingerprint density at radius 3 is 2.59 bits per heavy atom. The van der Waals surface area contributed by atoms with Gasteiger partial charge in [-0.15, -0.1) is 0 Å². The highest BCUT2D eigenvalue weighted by Crippen LogP contribution is 2.51. The predicted molar refractivity (Wildman–Crippen MR) is 70.2 cm³/mol. The number of nitrogens with zero attached hydrogens (tertiary/aromatic N) is 2. The summed E-state index contributed by atoms with van der Waals surface area (Å²) in [7, 11) is 0. The Balaban J connectivity index is 2.44. The lowest BCUT2D eigenvalue weighted by Crippen LogP contribution is -2.18. The number of rotatable bonds is 0. The molecule has 0 saturated carbocycles. The van der Waals surface area contributed by atoms with E-state index in [0.717, 1.165) is 10.9 Å². The highest BCUT2D eigenvalue weighted by atomic mass is 14.8. The zero-order valence-corrected chi connectivity index (χ0v) is 10.9. The van der Waals surface area contributed by atoms with Crippen LogP contribution in [0.15, 0.2) is 24.7 Å². The first kappa shape index (κ1) is 10.7. The molecule has 0 radical (unpaired) electrons. The molecule has 1 heterocycles. The Kier molecular flexibility index (Phi) is 1.93. The van der Waals surface area contributed by atoms with Crippen LogP contribution in [0, 0.1) is 0 Å². The lowest BCUT2D eigenvalue weighted by molar-refractivity contribution is 0.404. The van der Waals surface area contributed by atoms with Gasteiger partial charge in [-0.1, -0.05) is 39.8 Å². The Bertz CT molecular complexity index is 597. The largest absolute Gasteiger partial charge is 0.244 e. The lowest BCUT2D eigenvalue weighted by Gasteiger charge is -2.22. The van der Waals surface area contributed by atoms with Crippen molar-refractivity contribution < 1.29 is 0 Å². The molecule has 2 aromatic rings. The zero-order chi connectivity index (χ0) is 12.3. The summed E-state index contributed by atoms with van der Waals surface area (Å²) in [5, 5.41) is 1.15. The number of hydrogen-bond acceptors (Lipinski definition) is 2. The number of hydrogen-bond donors (Lipinski definition) is 0. The van der Waals surface area contributed by atoms with E-state index in [0.29, 0.717) is 0 Å². The second-order valence-electron chi connectivity index (χ2n) is 6.39. The summed E-state index contributed by atoms with van der Waals surface area (Å²) in [6, 6.07) is 4.41. The Morgan fingerprint density at radius 1 is 1.06 bits per heavy atom. The summed E-state index contributed by atoms with van der Waals surface area (Å²) < 4.78 is 0. The van der Waals surface area contributed by atoms with Crippen LogP contribution in [0.1, 0.15) is 45.2 Å². The van der Waals surface area contributed by atoms with Crippen LogP contribution in [-0.2, 0) is 10.8 Å². The summed E-state index contributed by atoms with van der Waals surface area (Å²) in [4.78, 5) is 8.61. The maximum absolute atomic E-state index is 4.50. The van der Waals surface area contributed by atoms with E-state index in [-0.39, 0.29) is 10.8 Å². The molecule has 0 atom stereocenters. The van der Waals surface area contributed by atoms with E-state index in [1.165, 1.54) is 17.5 Å². The highest BCUT2D eigenvalue weighted by molar-refractivity contribution is 5.84. The fourth-order valence-corrected chi connectivity index (χ4v) is 3.59. The molecule has 0 saturated heterocycles. The van der Waals surface area contributed by atoms with Gasteiger partial charge in [0, 0.05) is 11.6 Å². The van der Waals surface area contributed by atoms with Gasteiger partial charge < -0.3 is 0 Å². The molecule has 88 valence electrons. The van der Waals surface area contributed by atoms with Crippen LogP contribution < -0.4 is 0 Å². The van der Waals surface area contributed by atoms with Crippen LogP contribution in [0.25, 0.3) is 10.9 Å². The molecule has 1 aromatic heterocycles. The van der Waals surface area contributed by atoms with Gasteiger partial charge in [0.2, 0.25) is 0 Å². The van der Waals surface area contributed by atoms with E-state index < -0.39 is 0 Å². The molecule has 0 unspecified atom stereocenters. The average Bonchev–Trinajstić information content (AvgIpc) is 2.44. The smallest absolute Gasteiger partial charge is 0.116 e. The molecule has 2 nitrogen and oxygen atoms in total. The first-order chi connectivity index (χ1) is 7.92. The number of aromatic nitrogens is 2. The molecule has 1 aliphatic rings. The lowest BCUT2D eigenvalue weighted by atomic mass is 9.82. The van der Waals surface area contributed by atoms with Crippen LogP contribution >= 0.6 is 0 Å². The topological polar surface area (TPSA) is 25.8 Å². The highest BCUT2D eigenvalue weighted by Gasteiger charge is 2.43. The molecule has 3 rings (SSSR count). The van der Waals surface area contributed by atoms with Crippen molar-refractivity contribution in [2.45, 2.75) is 44.9 Å². The summed E-state index contributed by atoms with van der Waals surface area (Å²) in [6.07, 6.45) is 4.74. The molecule has 0 N–H and O–H groups in total. The minimum atomic E-state index is 0.201. The van der Waals surface area contributed by atoms with E-state index in [1.54, 1.807) is 6.33 Å². The fourth-order valence-electron chi connectivity index (χ4n) is 3.59. The second-order valence-corrected chi connectivity index (χ2v) is 6.39. The molecular weight excluding hydrogens is 208 g/mol.